The molecule has 17 heavy (non-hydrogen) atoms. The summed E-state index contributed by atoms with van der Waals surface area (Å²) in [4.78, 5) is 1.39. The zero-order valence-corrected chi connectivity index (χ0v) is 10.6. The second-order valence-corrected chi connectivity index (χ2v) is 4.77. The van der Waals surface area contributed by atoms with Crippen molar-refractivity contribution in [3.05, 3.63) is 52.7 Å². The molecule has 2 rings (SSSR count). The maximum Gasteiger partial charge on any atom is 0.0639 e. The van der Waals surface area contributed by atoms with Gasteiger partial charge in [-0.2, -0.15) is 0 Å². The minimum Gasteiger partial charge on any atom is -0.383 e. The third-order valence-electron chi connectivity index (χ3n) is 2.42. The highest BCUT2D eigenvalue weighted by molar-refractivity contribution is 7.09. The standard InChI is InChI=1S/C14H17NOS/c1-2-5-13(6-3-1)15-9-11-16-10-8-14-7-4-12-17-14/h1-7,12,15H,8-11H2. The van der Waals surface area contributed by atoms with Crippen LogP contribution in [0.2, 0.25) is 0 Å². The first-order chi connectivity index (χ1) is 8.45. The Balaban J connectivity index is 1.52. The van der Waals surface area contributed by atoms with E-state index >= 15 is 0 Å². The number of nitrogens with one attached hydrogen (secondary N) is 1. The smallest absolute Gasteiger partial charge is 0.0639 e. The Labute approximate surface area is 106 Å². The van der Waals surface area contributed by atoms with Crippen LogP contribution in [0.15, 0.2) is 47.8 Å². The molecule has 0 spiro atoms. The van der Waals surface area contributed by atoms with Crippen LogP contribution in [0.5, 0.6) is 0 Å². The normalized spacial score (nSPS) is 10.4. The maximum absolute atomic E-state index is 5.57. The lowest BCUT2D eigenvalue weighted by Crippen LogP contribution is -2.10. The van der Waals surface area contributed by atoms with Gasteiger partial charge >= 0.3 is 0 Å². The van der Waals surface area contributed by atoms with Gasteiger partial charge in [-0.1, -0.05) is 24.3 Å². The second-order valence-electron chi connectivity index (χ2n) is 3.73. The van der Waals surface area contributed by atoms with E-state index in [1.54, 1.807) is 11.3 Å². The molecule has 1 N–H and O–H groups in total. The first kappa shape index (κ1) is 12.1. The Kier molecular flexibility index (Phi) is 5.07. The SMILES string of the molecule is c1ccc(NCCOCCc2cccs2)cc1. The highest BCUT2D eigenvalue weighted by atomic mass is 32.1. The van der Waals surface area contributed by atoms with Gasteiger partial charge in [-0.15, -0.1) is 11.3 Å². The summed E-state index contributed by atoms with van der Waals surface area (Å²) in [5.74, 6) is 0. The minimum atomic E-state index is 0.750. The maximum atomic E-state index is 5.57. The molecule has 0 unspecified atom stereocenters. The molecule has 0 aliphatic heterocycles. The molecule has 1 heterocycles. The summed E-state index contributed by atoms with van der Waals surface area (Å²) >= 11 is 1.79. The van der Waals surface area contributed by atoms with Crippen molar-refractivity contribution in [1.82, 2.24) is 0 Å². The van der Waals surface area contributed by atoms with Crippen LogP contribution < -0.4 is 5.32 Å². The van der Waals surface area contributed by atoms with Crippen molar-refractivity contribution in [2.45, 2.75) is 6.42 Å². The zero-order chi connectivity index (χ0) is 11.8. The van der Waals surface area contributed by atoms with Gasteiger partial charge in [-0.3, -0.25) is 0 Å². The predicted octanol–water partition coefficient (Wildman–Crippen LogP) is 3.42. The Morgan fingerprint density at radius 1 is 1.00 bits per heavy atom. The average molecular weight is 247 g/mol. The number of hydrogen-bond acceptors (Lipinski definition) is 3. The second kappa shape index (κ2) is 7.09. The van der Waals surface area contributed by atoms with Gasteiger partial charge in [0.2, 0.25) is 0 Å². The number of rotatable bonds is 7. The molecule has 0 atom stereocenters. The van der Waals surface area contributed by atoms with Crippen molar-refractivity contribution in [3.63, 3.8) is 0 Å². The molecule has 90 valence electrons. The van der Waals surface area contributed by atoms with E-state index in [-0.39, 0.29) is 0 Å². The molecular formula is C14H17NOS. The molecule has 0 amide bonds. The molecule has 2 aromatic rings. The van der Waals surface area contributed by atoms with Crippen molar-refractivity contribution in [2.24, 2.45) is 0 Å². The van der Waals surface area contributed by atoms with E-state index in [0.717, 1.165) is 31.9 Å². The van der Waals surface area contributed by atoms with E-state index in [1.807, 2.05) is 18.2 Å². The van der Waals surface area contributed by atoms with Gasteiger partial charge in [0, 0.05) is 23.5 Å². The van der Waals surface area contributed by atoms with Crippen molar-refractivity contribution >= 4 is 17.0 Å². The van der Waals surface area contributed by atoms with Gasteiger partial charge in [-0.05, 0) is 23.6 Å². The summed E-state index contributed by atoms with van der Waals surface area (Å²) in [7, 11) is 0. The topological polar surface area (TPSA) is 21.3 Å². The number of anilines is 1. The molecule has 2 nitrogen and oxygen atoms in total. The summed E-state index contributed by atoms with van der Waals surface area (Å²) in [6.45, 7) is 2.41. The van der Waals surface area contributed by atoms with Crippen LogP contribution in [0, 0.1) is 0 Å². The highest BCUT2D eigenvalue weighted by Crippen LogP contribution is 2.08. The van der Waals surface area contributed by atoms with Crippen LogP contribution in [0.1, 0.15) is 4.88 Å². The van der Waals surface area contributed by atoms with Gasteiger partial charge in [0.15, 0.2) is 0 Å². The van der Waals surface area contributed by atoms with Gasteiger partial charge in [0.05, 0.1) is 13.2 Å². The van der Waals surface area contributed by atoms with Crippen molar-refractivity contribution in [2.75, 3.05) is 25.1 Å². The van der Waals surface area contributed by atoms with Gasteiger partial charge in [-0.25, -0.2) is 0 Å². The Hall–Kier alpha value is -1.32. The lowest BCUT2D eigenvalue weighted by Gasteiger charge is -2.06. The monoisotopic (exact) mass is 247 g/mol. The third-order valence-corrected chi connectivity index (χ3v) is 3.36. The van der Waals surface area contributed by atoms with Crippen LogP contribution >= 0.6 is 11.3 Å². The summed E-state index contributed by atoms with van der Waals surface area (Å²) in [5.41, 5.74) is 1.15. The van der Waals surface area contributed by atoms with Gasteiger partial charge < -0.3 is 10.1 Å². The van der Waals surface area contributed by atoms with Crippen LogP contribution in [0.4, 0.5) is 5.69 Å². The van der Waals surface area contributed by atoms with Gasteiger partial charge in [0.25, 0.3) is 0 Å². The largest absolute Gasteiger partial charge is 0.383 e. The molecule has 1 aromatic carbocycles. The number of benzene rings is 1. The molecule has 0 aliphatic carbocycles. The molecule has 0 saturated carbocycles. The fourth-order valence-electron chi connectivity index (χ4n) is 1.55. The summed E-state index contributed by atoms with van der Waals surface area (Å²) in [6.07, 6.45) is 1.02. The Morgan fingerprint density at radius 2 is 1.88 bits per heavy atom. The number of ether oxygens (including phenoxy) is 1. The van der Waals surface area contributed by atoms with E-state index in [2.05, 4.69) is 35.0 Å². The van der Waals surface area contributed by atoms with E-state index in [9.17, 15) is 0 Å². The quantitative estimate of drug-likeness (QED) is 0.757. The number of thiophene rings is 1. The Morgan fingerprint density at radius 3 is 2.65 bits per heavy atom. The lowest BCUT2D eigenvalue weighted by molar-refractivity contribution is 0.147. The molecule has 0 radical (unpaired) electrons. The zero-order valence-electron chi connectivity index (χ0n) is 9.76. The van der Waals surface area contributed by atoms with Crippen LogP contribution in [-0.2, 0) is 11.2 Å². The molecule has 0 saturated heterocycles. The van der Waals surface area contributed by atoms with Crippen LogP contribution in [-0.4, -0.2) is 19.8 Å². The highest BCUT2D eigenvalue weighted by Gasteiger charge is 1.94. The summed E-state index contributed by atoms with van der Waals surface area (Å²) in [6, 6.07) is 14.4. The predicted molar refractivity (Wildman–Crippen MR) is 73.8 cm³/mol. The number of hydrogen-bond donors (Lipinski definition) is 1. The Bertz CT molecular complexity index is 399. The van der Waals surface area contributed by atoms with Crippen LogP contribution in [0.25, 0.3) is 0 Å². The first-order valence-corrected chi connectivity index (χ1v) is 6.72. The first-order valence-electron chi connectivity index (χ1n) is 5.84. The number of para-hydroxylation sites is 1. The van der Waals surface area contributed by atoms with Crippen molar-refractivity contribution in [3.8, 4) is 0 Å². The van der Waals surface area contributed by atoms with E-state index in [0.29, 0.717) is 0 Å². The molecule has 0 bridgehead atoms. The molecular weight excluding hydrogens is 230 g/mol. The molecule has 3 heteroatoms. The average Bonchev–Trinajstić information content (AvgIpc) is 2.88. The third kappa shape index (κ3) is 4.59. The fraction of sp³-hybridized carbons (Fsp3) is 0.286. The van der Waals surface area contributed by atoms with E-state index < -0.39 is 0 Å². The lowest BCUT2D eigenvalue weighted by atomic mass is 10.3. The van der Waals surface area contributed by atoms with E-state index in [1.165, 1.54) is 4.88 Å². The summed E-state index contributed by atoms with van der Waals surface area (Å²) in [5, 5.41) is 5.42. The van der Waals surface area contributed by atoms with E-state index in [4.69, 9.17) is 4.74 Å². The summed E-state index contributed by atoms with van der Waals surface area (Å²) < 4.78 is 5.57. The molecule has 0 fully saturated rings. The van der Waals surface area contributed by atoms with Crippen molar-refractivity contribution < 1.29 is 4.74 Å². The van der Waals surface area contributed by atoms with Gasteiger partial charge in [0.1, 0.15) is 0 Å². The molecule has 0 aliphatic rings. The van der Waals surface area contributed by atoms with Crippen molar-refractivity contribution in [1.29, 1.82) is 0 Å². The van der Waals surface area contributed by atoms with Crippen LogP contribution in [0.3, 0.4) is 0 Å². The molecule has 1 aromatic heterocycles. The fourth-order valence-corrected chi connectivity index (χ4v) is 2.24. The minimum absolute atomic E-state index is 0.750.